The van der Waals surface area contributed by atoms with Crippen LogP contribution in [0.15, 0.2) is 29.2 Å². The minimum absolute atomic E-state index is 0.254. The number of ether oxygens (including phenoxy) is 1. The lowest BCUT2D eigenvalue weighted by molar-refractivity contribution is -0.124. The predicted octanol–water partition coefficient (Wildman–Crippen LogP) is 1.31. The number of sulfonamides is 1. The van der Waals surface area contributed by atoms with Crippen LogP contribution in [0.1, 0.15) is 12.8 Å². The number of benzene rings is 1. The Morgan fingerprint density at radius 3 is 2.73 bits per heavy atom. The van der Waals surface area contributed by atoms with E-state index in [-0.39, 0.29) is 11.4 Å². The van der Waals surface area contributed by atoms with E-state index in [0.29, 0.717) is 19.7 Å². The zero-order valence-electron chi connectivity index (χ0n) is 12.7. The van der Waals surface area contributed by atoms with E-state index >= 15 is 0 Å². The average molecular weight is 328 g/mol. The number of likely N-dealkylation sites (N-methyl/N-ethyl adjacent to an activating group) is 1. The number of rotatable bonds is 2. The standard InChI is InChI=1S/C15H21FN2O3S/c1-17-9-10-21-15(11-17)7-4-8-18(12-15)22(19,20)14-6-3-2-5-13(14)16/h2-3,5-6H,4,7-12H2,1H3. The van der Waals surface area contributed by atoms with Crippen molar-refractivity contribution in [2.45, 2.75) is 23.3 Å². The van der Waals surface area contributed by atoms with Gasteiger partial charge in [-0.25, -0.2) is 12.8 Å². The molecule has 0 bridgehead atoms. The van der Waals surface area contributed by atoms with Gasteiger partial charge in [-0.2, -0.15) is 4.31 Å². The van der Waals surface area contributed by atoms with Gasteiger partial charge in [-0.3, -0.25) is 0 Å². The molecular weight excluding hydrogens is 307 g/mol. The second-order valence-electron chi connectivity index (χ2n) is 6.14. The fourth-order valence-electron chi connectivity index (χ4n) is 3.34. The molecule has 7 heteroatoms. The molecule has 0 saturated carbocycles. The molecule has 5 nitrogen and oxygen atoms in total. The first-order valence-electron chi connectivity index (χ1n) is 7.50. The highest BCUT2D eigenvalue weighted by Gasteiger charge is 2.43. The Bertz CT molecular complexity index is 648. The third-order valence-electron chi connectivity index (χ3n) is 4.40. The third kappa shape index (κ3) is 2.90. The lowest BCUT2D eigenvalue weighted by Gasteiger charge is -2.46. The molecule has 0 N–H and O–H groups in total. The van der Waals surface area contributed by atoms with Crippen LogP contribution in [-0.2, 0) is 14.8 Å². The molecule has 22 heavy (non-hydrogen) atoms. The number of piperidine rings is 1. The van der Waals surface area contributed by atoms with Gasteiger partial charge in [0.25, 0.3) is 0 Å². The molecule has 2 heterocycles. The van der Waals surface area contributed by atoms with Gasteiger partial charge in [0.15, 0.2) is 0 Å². The minimum atomic E-state index is -3.83. The van der Waals surface area contributed by atoms with Crippen LogP contribution in [0.3, 0.4) is 0 Å². The van der Waals surface area contributed by atoms with Crippen molar-refractivity contribution in [1.82, 2.24) is 9.21 Å². The Balaban J connectivity index is 1.87. The number of halogens is 1. The van der Waals surface area contributed by atoms with Crippen molar-refractivity contribution < 1.29 is 17.5 Å². The van der Waals surface area contributed by atoms with E-state index in [1.807, 2.05) is 7.05 Å². The van der Waals surface area contributed by atoms with E-state index in [9.17, 15) is 12.8 Å². The Morgan fingerprint density at radius 1 is 1.23 bits per heavy atom. The molecule has 0 aromatic heterocycles. The number of hydrogen-bond donors (Lipinski definition) is 0. The van der Waals surface area contributed by atoms with Gasteiger partial charge in [-0.05, 0) is 32.0 Å². The summed E-state index contributed by atoms with van der Waals surface area (Å²) in [4.78, 5) is 1.90. The summed E-state index contributed by atoms with van der Waals surface area (Å²) in [6.07, 6.45) is 1.56. The smallest absolute Gasteiger partial charge is 0.246 e. The fourth-order valence-corrected chi connectivity index (χ4v) is 4.95. The zero-order valence-corrected chi connectivity index (χ0v) is 13.5. The molecule has 0 radical (unpaired) electrons. The zero-order chi connectivity index (χ0) is 15.8. The normalized spacial score (nSPS) is 28.1. The lowest BCUT2D eigenvalue weighted by Crippen LogP contribution is -2.59. The maximum Gasteiger partial charge on any atom is 0.246 e. The minimum Gasteiger partial charge on any atom is -0.371 e. The second-order valence-corrected chi connectivity index (χ2v) is 8.05. The maximum absolute atomic E-state index is 13.9. The van der Waals surface area contributed by atoms with Crippen molar-refractivity contribution in [2.24, 2.45) is 0 Å². The molecule has 2 fully saturated rings. The molecule has 1 atom stereocenters. The fraction of sp³-hybridized carbons (Fsp3) is 0.600. The highest BCUT2D eigenvalue weighted by molar-refractivity contribution is 7.89. The molecule has 1 aromatic rings. The van der Waals surface area contributed by atoms with Crippen LogP contribution in [-0.4, -0.2) is 63.1 Å². The van der Waals surface area contributed by atoms with Crippen LogP contribution < -0.4 is 0 Å². The van der Waals surface area contributed by atoms with Gasteiger partial charge in [-0.15, -0.1) is 0 Å². The number of hydrogen-bond acceptors (Lipinski definition) is 4. The van der Waals surface area contributed by atoms with Gasteiger partial charge < -0.3 is 9.64 Å². The van der Waals surface area contributed by atoms with Crippen molar-refractivity contribution in [2.75, 3.05) is 39.8 Å². The van der Waals surface area contributed by atoms with Crippen LogP contribution >= 0.6 is 0 Å². The van der Waals surface area contributed by atoms with Gasteiger partial charge in [0.2, 0.25) is 10.0 Å². The molecule has 2 aliphatic heterocycles. The van der Waals surface area contributed by atoms with E-state index in [0.717, 1.165) is 19.4 Å². The van der Waals surface area contributed by atoms with Gasteiger partial charge in [0, 0.05) is 26.2 Å². The molecule has 1 unspecified atom stereocenters. The summed E-state index contributed by atoms with van der Waals surface area (Å²) >= 11 is 0. The monoisotopic (exact) mass is 328 g/mol. The van der Waals surface area contributed by atoms with Gasteiger partial charge in [-0.1, -0.05) is 12.1 Å². The maximum atomic E-state index is 13.9. The highest BCUT2D eigenvalue weighted by Crippen LogP contribution is 2.32. The SMILES string of the molecule is CN1CCOC2(CCCN(S(=O)(=O)c3ccccc3F)C2)C1. The first kappa shape index (κ1) is 15.9. The molecule has 2 aliphatic rings. The average Bonchev–Trinajstić information content (AvgIpc) is 2.47. The summed E-state index contributed by atoms with van der Waals surface area (Å²) in [6.45, 7) is 2.85. The van der Waals surface area contributed by atoms with E-state index in [1.54, 1.807) is 6.07 Å². The lowest BCUT2D eigenvalue weighted by atomic mass is 9.92. The van der Waals surface area contributed by atoms with Crippen LogP contribution in [0.5, 0.6) is 0 Å². The van der Waals surface area contributed by atoms with Crippen LogP contribution in [0.25, 0.3) is 0 Å². The van der Waals surface area contributed by atoms with E-state index in [2.05, 4.69) is 4.90 Å². The largest absolute Gasteiger partial charge is 0.371 e. The molecule has 0 amide bonds. The molecule has 2 saturated heterocycles. The highest BCUT2D eigenvalue weighted by atomic mass is 32.2. The Hall–Kier alpha value is -1.02. The van der Waals surface area contributed by atoms with E-state index < -0.39 is 21.4 Å². The van der Waals surface area contributed by atoms with E-state index in [1.165, 1.54) is 22.5 Å². The Morgan fingerprint density at radius 2 is 2.00 bits per heavy atom. The van der Waals surface area contributed by atoms with Crippen molar-refractivity contribution in [3.05, 3.63) is 30.1 Å². The summed E-state index contributed by atoms with van der Waals surface area (Å²) in [6, 6.07) is 5.53. The molecule has 1 aromatic carbocycles. The van der Waals surface area contributed by atoms with Crippen molar-refractivity contribution in [1.29, 1.82) is 0 Å². The summed E-state index contributed by atoms with van der Waals surface area (Å²) in [7, 11) is -1.82. The van der Waals surface area contributed by atoms with Gasteiger partial charge in [0.05, 0.1) is 12.2 Å². The summed E-state index contributed by atoms with van der Waals surface area (Å²) < 4.78 is 46.7. The van der Waals surface area contributed by atoms with Crippen LogP contribution in [0.4, 0.5) is 4.39 Å². The quantitative estimate of drug-likeness (QED) is 0.821. The molecular formula is C15H21FN2O3S. The summed E-state index contributed by atoms with van der Waals surface area (Å²) in [5.41, 5.74) is -0.469. The Labute approximate surface area is 130 Å². The molecule has 1 spiro atoms. The third-order valence-corrected chi connectivity index (χ3v) is 6.28. The number of morpholine rings is 1. The summed E-state index contributed by atoms with van der Waals surface area (Å²) in [5, 5.41) is 0. The topological polar surface area (TPSA) is 49.9 Å². The van der Waals surface area contributed by atoms with Crippen molar-refractivity contribution >= 4 is 10.0 Å². The van der Waals surface area contributed by atoms with Crippen molar-refractivity contribution in [3.8, 4) is 0 Å². The molecule has 3 rings (SSSR count). The van der Waals surface area contributed by atoms with Gasteiger partial charge >= 0.3 is 0 Å². The Kier molecular flexibility index (Phi) is 4.24. The second kappa shape index (κ2) is 5.88. The molecule has 0 aliphatic carbocycles. The summed E-state index contributed by atoms with van der Waals surface area (Å²) in [5.74, 6) is -0.705. The van der Waals surface area contributed by atoms with E-state index in [4.69, 9.17) is 4.74 Å². The first-order valence-corrected chi connectivity index (χ1v) is 8.94. The number of nitrogens with zero attached hydrogens (tertiary/aromatic N) is 2. The molecule has 122 valence electrons. The van der Waals surface area contributed by atoms with Crippen molar-refractivity contribution in [3.63, 3.8) is 0 Å². The van der Waals surface area contributed by atoms with Crippen LogP contribution in [0.2, 0.25) is 0 Å². The first-order chi connectivity index (χ1) is 10.4. The van der Waals surface area contributed by atoms with Crippen LogP contribution in [0, 0.1) is 5.82 Å². The van der Waals surface area contributed by atoms with Gasteiger partial charge in [0.1, 0.15) is 10.7 Å². The predicted molar refractivity (Wildman–Crippen MR) is 80.6 cm³/mol.